The number of hydrogen-bond donors (Lipinski definition) is 3. The maximum absolute atomic E-state index is 12.4. The second-order valence-electron chi connectivity index (χ2n) is 5.72. The summed E-state index contributed by atoms with van der Waals surface area (Å²) in [7, 11) is 0. The van der Waals surface area contributed by atoms with Crippen LogP contribution in [0.2, 0.25) is 0 Å². The fourth-order valence-corrected chi connectivity index (χ4v) is 3.15. The smallest absolute Gasteiger partial charge is 0.259 e. The Morgan fingerprint density at radius 3 is 2.50 bits per heavy atom. The van der Waals surface area contributed by atoms with Gasteiger partial charge < -0.3 is 5.73 Å². The number of carbonyl (C=O) groups is 4. The first kappa shape index (κ1) is 14.4. The third-order valence-electron chi connectivity index (χ3n) is 4.37. The molecule has 0 aromatic heterocycles. The first-order valence-electron chi connectivity index (χ1n) is 6.95. The summed E-state index contributed by atoms with van der Waals surface area (Å²) in [4.78, 5) is 47.8. The van der Waals surface area contributed by atoms with E-state index in [0.29, 0.717) is 11.1 Å². The zero-order chi connectivity index (χ0) is 16.1. The molecule has 0 unspecified atom stereocenters. The van der Waals surface area contributed by atoms with Gasteiger partial charge in [0.2, 0.25) is 11.8 Å². The highest BCUT2D eigenvalue weighted by molar-refractivity contribution is 6.23. The number of fused-ring (bicyclic) bond motifs is 1. The van der Waals surface area contributed by atoms with Gasteiger partial charge >= 0.3 is 0 Å². The molecule has 0 spiro atoms. The van der Waals surface area contributed by atoms with Crippen molar-refractivity contribution in [2.75, 3.05) is 0 Å². The summed E-state index contributed by atoms with van der Waals surface area (Å²) in [6.07, 6.45) is 0.439. The largest absolute Gasteiger partial charge is 0.326 e. The van der Waals surface area contributed by atoms with Crippen molar-refractivity contribution in [3.63, 3.8) is 0 Å². The molecule has 1 fully saturated rings. The first-order chi connectivity index (χ1) is 10.4. The molecule has 4 amide bonds. The zero-order valence-electron chi connectivity index (χ0n) is 12.0. The molecular formula is C15H15N3O4. The molecule has 1 aromatic rings. The van der Waals surface area contributed by atoms with Crippen LogP contribution < -0.4 is 16.4 Å². The molecule has 114 valence electrons. The van der Waals surface area contributed by atoms with E-state index < -0.39 is 23.1 Å². The van der Waals surface area contributed by atoms with Crippen LogP contribution in [0, 0.1) is 0 Å². The Labute approximate surface area is 126 Å². The molecule has 3 rings (SSSR count). The predicted molar refractivity (Wildman–Crippen MR) is 75.9 cm³/mol. The number of imide groups is 2. The van der Waals surface area contributed by atoms with E-state index in [0.717, 1.165) is 0 Å². The minimum absolute atomic E-state index is 0.126. The highest BCUT2D eigenvalue weighted by Gasteiger charge is 2.45. The fourth-order valence-electron chi connectivity index (χ4n) is 3.15. The van der Waals surface area contributed by atoms with Gasteiger partial charge in [0.05, 0.1) is 16.5 Å². The van der Waals surface area contributed by atoms with Gasteiger partial charge in [-0.05, 0) is 30.5 Å². The molecule has 1 saturated heterocycles. The molecule has 2 heterocycles. The Morgan fingerprint density at radius 1 is 1.14 bits per heavy atom. The van der Waals surface area contributed by atoms with Crippen molar-refractivity contribution in [2.45, 2.75) is 31.7 Å². The Kier molecular flexibility index (Phi) is 3.10. The molecular weight excluding hydrogens is 286 g/mol. The fraction of sp³-hybridized carbons (Fsp3) is 0.333. The summed E-state index contributed by atoms with van der Waals surface area (Å²) in [5.74, 6) is -1.83. The number of rotatable bonds is 2. The van der Waals surface area contributed by atoms with Gasteiger partial charge in [0.15, 0.2) is 0 Å². The quantitative estimate of drug-likeness (QED) is 0.649. The van der Waals surface area contributed by atoms with E-state index in [4.69, 9.17) is 5.73 Å². The number of amides is 4. The Bertz CT molecular complexity index is 741. The van der Waals surface area contributed by atoms with E-state index >= 15 is 0 Å². The van der Waals surface area contributed by atoms with Crippen LogP contribution in [0.4, 0.5) is 0 Å². The molecule has 2 aliphatic heterocycles. The summed E-state index contributed by atoms with van der Waals surface area (Å²) in [6.45, 7) is 1.79. The van der Waals surface area contributed by atoms with Crippen molar-refractivity contribution in [1.82, 2.24) is 10.6 Å². The van der Waals surface area contributed by atoms with Crippen LogP contribution in [0.25, 0.3) is 0 Å². The molecule has 0 bridgehead atoms. The van der Waals surface area contributed by atoms with Gasteiger partial charge in [-0.15, -0.1) is 0 Å². The van der Waals surface area contributed by atoms with Crippen molar-refractivity contribution in [3.05, 3.63) is 34.4 Å². The van der Waals surface area contributed by atoms with E-state index in [2.05, 4.69) is 10.6 Å². The van der Waals surface area contributed by atoms with Crippen LogP contribution in [0.3, 0.4) is 0 Å². The Morgan fingerprint density at radius 2 is 1.86 bits per heavy atom. The van der Waals surface area contributed by atoms with E-state index in [9.17, 15) is 19.2 Å². The lowest BCUT2D eigenvalue weighted by atomic mass is 9.71. The third kappa shape index (κ3) is 1.86. The van der Waals surface area contributed by atoms with Crippen molar-refractivity contribution in [1.29, 1.82) is 0 Å². The normalized spacial score (nSPS) is 24.1. The number of nitrogens with two attached hydrogens (primary N) is 1. The number of carbonyl (C=O) groups excluding carboxylic acids is 4. The standard InChI is InChI=1S/C15H15N3O4/c1-15(5-4-9(19)17-14(15)22)11-7(6-16)2-3-8-10(11)13(21)18-12(8)20/h2-3H,4-6,16H2,1H3,(H,17,19,22)(H,18,20,21)/t15-/m0/s1. The van der Waals surface area contributed by atoms with Crippen molar-refractivity contribution in [2.24, 2.45) is 5.73 Å². The topological polar surface area (TPSA) is 118 Å². The van der Waals surface area contributed by atoms with Crippen molar-refractivity contribution >= 4 is 23.6 Å². The van der Waals surface area contributed by atoms with Crippen molar-refractivity contribution < 1.29 is 19.2 Å². The molecule has 4 N–H and O–H groups in total. The maximum atomic E-state index is 12.4. The second-order valence-corrected chi connectivity index (χ2v) is 5.72. The van der Waals surface area contributed by atoms with Gasteiger partial charge in [0.25, 0.3) is 11.8 Å². The minimum atomic E-state index is -1.07. The Hall–Kier alpha value is -2.54. The number of benzene rings is 1. The van der Waals surface area contributed by atoms with Gasteiger partial charge in [0.1, 0.15) is 0 Å². The molecule has 1 aromatic carbocycles. The number of piperidine rings is 1. The average Bonchev–Trinajstić information content (AvgIpc) is 2.77. The molecule has 1 atom stereocenters. The van der Waals surface area contributed by atoms with E-state index in [-0.39, 0.29) is 36.4 Å². The SMILES string of the molecule is C[C@@]1(c2c(CN)ccc3c2C(=O)NC3=O)CCC(=O)NC1=O. The number of nitrogens with one attached hydrogen (secondary N) is 2. The molecule has 0 aliphatic carbocycles. The van der Waals surface area contributed by atoms with E-state index in [1.54, 1.807) is 13.0 Å². The monoisotopic (exact) mass is 301 g/mol. The van der Waals surface area contributed by atoms with Gasteiger partial charge in [0, 0.05) is 13.0 Å². The average molecular weight is 301 g/mol. The molecule has 0 radical (unpaired) electrons. The van der Waals surface area contributed by atoms with Gasteiger partial charge in [-0.3, -0.25) is 29.8 Å². The predicted octanol–water partition coefficient (Wildman–Crippen LogP) is -0.277. The second kappa shape index (κ2) is 4.74. The van der Waals surface area contributed by atoms with Crippen LogP contribution in [0.1, 0.15) is 51.6 Å². The van der Waals surface area contributed by atoms with Crippen molar-refractivity contribution in [3.8, 4) is 0 Å². The van der Waals surface area contributed by atoms with E-state index in [1.807, 2.05) is 0 Å². The highest BCUT2D eigenvalue weighted by Crippen LogP contribution is 2.39. The van der Waals surface area contributed by atoms with Crippen LogP contribution in [0.15, 0.2) is 12.1 Å². The van der Waals surface area contributed by atoms with E-state index in [1.165, 1.54) is 6.07 Å². The lowest BCUT2D eigenvalue weighted by Crippen LogP contribution is -2.51. The maximum Gasteiger partial charge on any atom is 0.259 e. The molecule has 7 nitrogen and oxygen atoms in total. The summed E-state index contributed by atoms with van der Waals surface area (Å²) < 4.78 is 0. The summed E-state index contributed by atoms with van der Waals surface area (Å²) >= 11 is 0. The molecule has 22 heavy (non-hydrogen) atoms. The lowest BCUT2D eigenvalue weighted by Gasteiger charge is -2.34. The summed E-state index contributed by atoms with van der Waals surface area (Å²) in [5.41, 5.74) is 6.17. The van der Waals surface area contributed by atoms with Crippen LogP contribution in [-0.4, -0.2) is 23.6 Å². The lowest BCUT2D eigenvalue weighted by molar-refractivity contribution is -0.137. The summed E-state index contributed by atoms with van der Waals surface area (Å²) in [6, 6.07) is 3.19. The molecule has 7 heteroatoms. The minimum Gasteiger partial charge on any atom is -0.326 e. The van der Waals surface area contributed by atoms with Crippen LogP contribution in [0.5, 0.6) is 0 Å². The third-order valence-corrected chi connectivity index (χ3v) is 4.37. The molecule has 2 aliphatic rings. The summed E-state index contributed by atoms with van der Waals surface area (Å²) in [5, 5.41) is 4.54. The van der Waals surface area contributed by atoms with Gasteiger partial charge in [-0.2, -0.15) is 0 Å². The Balaban J connectivity index is 2.26. The first-order valence-corrected chi connectivity index (χ1v) is 6.95. The zero-order valence-corrected chi connectivity index (χ0v) is 12.0. The van der Waals surface area contributed by atoms with Crippen LogP contribution in [-0.2, 0) is 21.5 Å². The number of hydrogen-bond acceptors (Lipinski definition) is 5. The van der Waals surface area contributed by atoms with Gasteiger partial charge in [-0.1, -0.05) is 6.07 Å². The van der Waals surface area contributed by atoms with Crippen LogP contribution >= 0.6 is 0 Å². The van der Waals surface area contributed by atoms with Gasteiger partial charge in [-0.25, -0.2) is 0 Å². The highest BCUT2D eigenvalue weighted by atomic mass is 16.2. The molecule has 0 saturated carbocycles.